The van der Waals surface area contributed by atoms with Crippen molar-refractivity contribution in [3.8, 4) is 0 Å². The minimum absolute atomic E-state index is 0.252. The number of carboxylic acid groups (broad SMARTS) is 1. The van der Waals surface area contributed by atoms with Crippen LogP contribution in [0.15, 0.2) is 24.3 Å². The van der Waals surface area contributed by atoms with Gasteiger partial charge in [0.1, 0.15) is 0 Å². The van der Waals surface area contributed by atoms with Gasteiger partial charge in [-0.1, -0.05) is 18.2 Å². The van der Waals surface area contributed by atoms with Gasteiger partial charge in [0.15, 0.2) is 0 Å². The number of nitrogens with zero attached hydrogens (tertiary/aromatic N) is 1. The standard InChI is InChI=1S/C13H13NO2/c1-8-10-4-2-3-5-11(10)14-7-9(13(15)16)6-12(8)14/h2-5,9H,6-7H2,1H3,(H,15,16). The van der Waals surface area contributed by atoms with Crippen molar-refractivity contribution < 1.29 is 9.90 Å². The zero-order valence-corrected chi connectivity index (χ0v) is 9.10. The van der Waals surface area contributed by atoms with E-state index in [4.69, 9.17) is 5.11 Å². The van der Waals surface area contributed by atoms with Gasteiger partial charge in [-0.2, -0.15) is 0 Å². The molecule has 1 unspecified atom stereocenters. The number of hydrogen-bond acceptors (Lipinski definition) is 1. The number of carboxylic acids is 1. The molecule has 0 bridgehead atoms. The predicted molar refractivity (Wildman–Crippen MR) is 61.5 cm³/mol. The molecule has 1 aromatic heterocycles. The first-order chi connectivity index (χ1) is 7.68. The SMILES string of the molecule is Cc1c2n(c3ccccc13)CC(C(=O)O)C2. The summed E-state index contributed by atoms with van der Waals surface area (Å²) in [6.45, 7) is 2.69. The van der Waals surface area contributed by atoms with Gasteiger partial charge < -0.3 is 9.67 Å². The fourth-order valence-corrected chi connectivity index (χ4v) is 2.68. The van der Waals surface area contributed by atoms with E-state index in [0.717, 1.165) is 0 Å². The summed E-state index contributed by atoms with van der Waals surface area (Å²) in [6, 6.07) is 8.20. The van der Waals surface area contributed by atoms with Crippen LogP contribution >= 0.6 is 0 Å². The highest BCUT2D eigenvalue weighted by atomic mass is 16.4. The van der Waals surface area contributed by atoms with E-state index in [9.17, 15) is 4.79 Å². The van der Waals surface area contributed by atoms with E-state index >= 15 is 0 Å². The van der Waals surface area contributed by atoms with E-state index in [2.05, 4.69) is 23.6 Å². The van der Waals surface area contributed by atoms with Gasteiger partial charge in [0.2, 0.25) is 0 Å². The maximum atomic E-state index is 11.0. The second-order valence-electron chi connectivity index (χ2n) is 4.44. The summed E-state index contributed by atoms with van der Waals surface area (Å²) < 4.78 is 2.16. The number of fused-ring (bicyclic) bond motifs is 3. The average Bonchev–Trinajstić information content (AvgIpc) is 2.81. The Balaban J connectivity index is 2.20. The molecule has 16 heavy (non-hydrogen) atoms. The molecule has 0 fully saturated rings. The van der Waals surface area contributed by atoms with Crippen LogP contribution in [0.25, 0.3) is 10.9 Å². The van der Waals surface area contributed by atoms with Crippen molar-refractivity contribution in [3.05, 3.63) is 35.5 Å². The molecule has 1 atom stereocenters. The van der Waals surface area contributed by atoms with Crippen molar-refractivity contribution in [1.29, 1.82) is 0 Å². The van der Waals surface area contributed by atoms with Crippen LogP contribution in [-0.4, -0.2) is 15.6 Å². The van der Waals surface area contributed by atoms with Crippen molar-refractivity contribution in [2.45, 2.75) is 19.9 Å². The molecule has 0 radical (unpaired) electrons. The van der Waals surface area contributed by atoms with E-state index in [-0.39, 0.29) is 5.92 Å². The Kier molecular flexibility index (Phi) is 1.84. The number of benzene rings is 1. The molecule has 82 valence electrons. The highest BCUT2D eigenvalue weighted by Crippen LogP contribution is 2.32. The minimum atomic E-state index is -0.688. The van der Waals surface area contributed by atoms with E-state index in [1.807, 2.05) is 12.1 Å². The smallest absolute Gasteiger partial charge is 0.308 e. The van der Waals surface area contributed by atoms with Crippen LogP contribution in [0.5, 0.6) is 0 Å². The maximum absolute atomic E-state index is 11.0. The van der Waals surface area contributed by atoms with Crippen LogP contribution in [0.2, 0.25) is 0 Å². The number of aromatic nitrogens is 1. The lowest BCUT2D eigenvalue weighted by Gasteiger charge is -2.03. The van der Waals surface area contributed by atoms with Gasteiger partial charge in [0.05, 0.1) is 5.92 Å². The third-order valence-electron chi connectivity index (χ3n) is 3.55. The summed E-state index contributed by atoms with van der Waals surface area (Å²) in [4.78, 5) is 11.0. The van der Waals surface area contributed by atoms with Crippen LogP contribution in [0.3, 0.4) is 0 Å². The number of aryl methyl sites for hydroxylation is 1. The van der Waals surface area contributed by atoms with Gasteiger partial charge in [-0.3, -0.25) is 4.79 Å². The van der Waals surface area contributed by atoms with Crippen molar-refractivity contribution in [2.24, 2.45) is 5.92 Å². The van der Waals surface area contributed by atoms with Gasteiger partial charge in [-0.15, -0.1) is 0 Å². The van der Waals surface area contributed by atoms with E-state index < -0.39 is 5.97 Å². The molecular weight excluding hydrogens is 202 g/mol. The van der Waals surface area contributed by atoms with Gasteiger partial charge in [0.25, 0.3) is 0 Å². The molecule has 0 saturated carbocycles. The molecule has 0 spiro atoms. The molecular formula is C13H13NO2. The second kappa shape index (κ2) is 3.11. The molecule has 1 N–H and O–H groups in total. The Labute approximate surface area is 93.3 Å². The third-order valence-corrected chi connectivity index (χ3v) is 3.55. The summed E-state index contributed by atoms with van der Waals surface area (Å²) in [7, 11) is 0. The van der Waals surface area contributed by atoms with Crippen LogP contribution in [0, 0.1) is 12.8 Å². The Hall–Kier alpha value is -1.77. The van der Waals surface area contributed by atoms with Crippen LogP contribution in [0.4, 0.5) is 0 Å². The Morgan fingerprint density at radius 3 is 2.94 bits per heavy atom. The number of rotatable bonds is 1. The largest absolute Gasteiger partial charge is 0.481 e. The lowest BCUT2D eigenvalue weighted by atomic mass is 10.0. The molecule has 2 heterocycles. The molecule has 1 aliphatic heterocycles. The molecule has 3 rings (SSSR count). The van der Waals surface area contributed by atoms with Gasteiger partial charge in [0, 0.05) is 29.6 Å². The molecule has 1 aromatic carbocycles. The fraction of sp³-hybridized carbons (Fsp3) is 0.308. The monoisotopic (exact) mass is 215 g/mol. The quantitative estimate of drug-likeness (QED) is 0.792. The summed E-state index contributed by atoms with van der Waals surface area (Å²) in [6.07, 6.45) is 0.663. The Morgan fingerprint density at radius 2 is 2.19 bits per heavy atom. The van der Waals surface area contributed by atoms with Crippen molar-refractivity contribution >= 4 is 16.9 Å². The minimum Gasteiger partial charge on any atom is -0.481 e. The van der Waals surface area contributed by atoms with Crippen molar-refractivity contribution in [2.75, 3.05) is 0 Å². The predicted octanol–water partition coefficient (Wildman–Crippen LogP) is 2.21. The number of aliphatic carboxylic acids is 1. The highest BCUT2D eigenvalue weighted by Gasteiger charge is 2.30. The average molecular weight is 215 g/mol. The summed E-state index contributed by atoms with van der Waals surface area (Å²) in [5.41, 5.74) is 3.59. The fourth-order valence-electron chi connectivity index (χ4n) is 2.68. The van der Waals surface area contributed by atoms with Crippen LogP contribution in [0.1, 0.15) is 11.3 Å². The zero-order chi connectivity index (χ0) is 11.3. The second-order valence-corrected chi connectivity index (χ2v) is 4.44. The van der Waals surface area contributed by atoms with Crippen molar-refractivity contribution in [3.63, 3.8) is 0 Å². The molecule has 3 nitrogen and oxygen atoms in total. The number of carbonyl (C=O) groups is 1. The maximum Gasteiger partial charge on any atom is 0.308 e. The summed E-state index contributed by atoms with van der Waals surface area (Å²) in [5, 5.41) is 10.3. The molecule has 2 aromatic rings. The van der Waals surface area contributed by atoms with Gasteiger partial charge in [-0.25, -0.2) is 0 Å². The third kappa shape index (κ3) is 1.11. The molecule has 3 heteroatoms. The van der Waals surface area contributed by atoms with Gasteiger partial charge in [-0.05, 0) is 18.6 Å². The first kappa shape index (κ1) is 9.46. The number of para-hydroxylation sites is 1. The molecule has 1 aliphatic rings. The first-order valence-corrected chi connectivity index (χ1v) is 5.48. The van der Waals surface area contributed by atoms with E-state index in [1.54, 1.807) is 0 Å². The summed E-state index contributed by atoms with van der Waals surface area (Å²) in [5.74, 6) is -0.939. The van der Waals surface area contributed by atoms with Crippen molar-refractivity contribution in [1.82, 2.24) is 4.57 Å². The van der Waals surface area contributed by atoms with Crippen LogP contribution < -0.4 is 0 Å². The van der Waals surface area contributed by atoms with Gasteiger partial charge >= 0.3 is 5.97 Å². The lowest BCUT2D eigenvalue weighted by Crippen LogP contribution is -2.14. The Bertz CT molecular complexity index is 583. The van der Waals surface area contributed by atoms with Crippen LogP contribution in [-0.2, 0) is 17.8 Å². The number of hydrogen-bond donors (Lipinski definition) is 1. The molecule has 0 amide bonds. The zero-order valence-electron chi connectivity index (χ0n) is 9.10. The van der Waals surface area contributed by atoms with E-state index in [1.165, 1.54) is 22.2 Å². The lowest BCUT2D eigenvalue weighted by molar-refractivity contribution is -0.141. The normalized spacial score (nSPS) is 18.9. The summed E-state index contributed by atoms with van der Waals surface area (Å²) >= 11 is 0. The first-order valence-electron chi connectivity index (χ1n) is 5.48. The molecule has 0 aliphatic carbocycles. The van der Waals surface area contributed by atoms with E-state index in [0.29, 0.717) is 13.0 Å². The molecule has 0 saturated heterocycles. The highest BCUT2D eigenvalue weighted by molar-refractivity contribution is 5.86. The topological polar surface area (TPSA) is 42.2 Å². The Morgan fingerprint density at radius 1 is 1.44 bits per heavy atom.